The van der Waals surface area contributed by atoms with Crippen molar-refractivity contribution in [2.24, 2.45) is 12.0 Å². The van der Waals surface area contributed by atoms with E-state index in [1.807, 2.05) is 7.05 Å². The maximum atomic E-state index is 10.5. The number of guanidine groups is 1. The van der Waals surface area contributed by atoms with Gasteiger partial charge in [-0.1, -0.05) is 0 Å². The first-order valence-electron chi connectivity index (χ1n) is 6.79. The second kappa shape index (κ2) is 9.00. The smallest absolute Gasteiger partial charge is 0.191 e. The highest BCUT2D eigenvalue weighted by Gasteiger charge is 2.24. The van der Waals surface area contributed by atoms with Gasteiger partial charge in [-0.2, -0.15) is 5.10 Å². The Morgan fingerprint density at radius 3 is 2.78 bits per heavy atom. The van der Waals surface area contributed by atoms with Gasteiger partial charge in [0.2, 0.25) is 0 Å². The van der Waals surface area contributed by atoms with Crippen molar-refractivity contribution in [2.45, 2.75) is 19.1 Å². The van der Waals surface area contributed by atoms with Crippen molar-refractivity contribution in [3.63, 3.8) is 0 Å². The molecule has 0 fully saturated rings. The summed E-state index contributed by atoms with van der Waals surface area (Å²) < 4.78 is 2.78. The van der Waals surface area contributed by atoms with E-state index in [9.17, 15) is 5.11 Å². The molecule has 2 aromatic heterocycles. The van der Waals surface area contributed by atoms with Crippen LogP contribution in [0, 0.1) is 0 Å². The van der Waals surface area contributed by atoms with Gasteiger partial charge in [0.15, 0.2) is 5.96 Å². The van der Waals surface area contributed by atoms with Gasteiger partial charge in [-0.15, -0.1) is 35.3 Å². The number of aromatic nitrogens is 2. The van der Waals surface area contributed by atoms with Crippen LogP contribution in [0.3, 0.4) is 0 Å². The lowest BCUT2D eigenvalue weighted by Gasteiger charge is -2.23. The Kier molecular flexibility index (Phi) is 7.98. The van der Waals surface area contributed by atoms with Crippen molar-refractivity contribution >= 4 is 57.2 Å². The molecule has 2 heterocycles. The van der Waals surface area contributed by atoms with Crippen LogP contribution in [0.1, 0.15) is 18.1 Å². The summed E-state index contributed by atoms with van der Waals surface area (Å²) in [6, 6.07) is 2.07. The number of hydrogen-bond donors (Lipinski definition) is 3. The summed E-state index contributed by atoms with van der Waals surface area (Å²) in [5, 5.41) is 23.1. The van der Waals surface area contributed by atoms with Crippen LogP contribution in [-0.2, 0) is 19.2 Å². The average Bonchev–Trinajstić information content (AvgIpc) is 3.08. The minimum absolute atomic E-state index is 0. The Bertz CT molecular complexity index is 655. The average molecular weight is 514 g/mol. The molecule has 0 saturated carbocycles. The zero-order valence-corrected chi connectivity index (χ0v) is 17.9. The molecule has 6 nitrogen and oxygen atoms in total. The number of nitrogens with one attached hydrogen (secondary N) is 2. The first kappa shape index (κ1) is 20.4. The first-order valence-corrected chi connectivity index (χ1v) is 8.47. The van der Waals surface area contributed by atoms with E-state index in [-0.39, 0.29) is 24.0 Å². The van der Waals surface area contributed by atoms with Crippen molar-refractivity contribution in [2.75, 3.05) is 13.6 Å². The highest BCUT2D eigenvalue weighted by atomic mass is 127. The lowest BCUT2D eigenvalue weighted by molar-refractivity contribution is 0.0616. The highest BCUT2D eigenvalue weighted by molar-refractivity contribution is 14.0. The standard InChI is InChI=1S/C14H20BrN5OS.HI/c1-14(21,11-6-19-20(3)7-11)9-18-13(16-2)17-5-10-4-12(15)22-8-10;/h4,6-8,21H,5,9H2,1-3H3,(H2,16,17,18);1H. The van der Waals surface area contributed by atoms with E-state index in [0.29, 0.717) is 19.0 Å². The van der Waals surface area contributed by atoms with Crippen LogP contribution in [-0.4, -0.2) is 34.4 Å². The second-order valence-corrected chi connectivity index (χ2v) is 7.51. The molecule has 1 unspecified atom stereocenters. The van der Waals surface area contributed by atoms with E-state index in [1.54, 1.807) is 42.4 Å². The SMILES string of the molecule is CN=C(NCc1csc(Br)c1)NCC(C)(O)c1cnn(C)c1.I. The van der Waals surface area contributed by atoms with Crippen LogP contribution in [0.2, 0.25) is 0 Å². The van der Waals surface area contributed by atoms with Crippen molar-refractivity contribution in [1.82, 2.24) is 20.4 Å². The molecule has 0 bridgehead atoms. The van der Waals surface area contributed by atoms with Gasteiger partial charge in [-0.3, -0.25) is 9.67 Å². The number of nitrogens with zero attached hydrogens (tertiary/aromatic N) is 3. The summed E-state index contributed by atoms with van der Waals surface area (Å²) in [6.45, 7) is 2.77. The number of aryl methyl sites for hydroxylation is 1. The number of thiophene rings is 1. The fraction of sp³-hybridized carbons (Fsp3) is 0.429. The minimum Gasteiger partial charge on any atom is -0.383 e. The molecule has 0 aliphatic rings. The fourth-order valence-electron chi connectivity index (χ4n) is 1.90. The van der Waals surface area contributed by atoms with Crippen molar-refractivity contribution in [1.29, 1.82) is 0 Å². The van der Waals surface area contributed by atoms with Gasteiger partial charge in [0.25, 0.3) is 0 Å². The summed E-state index contributed by atoms with van der Waals surface area (Å²) in [5.41, 5.74) is 0.927. The summed E-state index contributed by atoms with van der Waals surface area (Å²) in [4.78, 5) is 4.17. The summed E-state index contributed by atoms with van der Waals surface area (Å²) in [5.74, 6) is 0.645. The molecular formula is C14H21BrIN5OS. The van der Waals surface area contributed by atoms with Crippen LogP contribution >= 0.6 is 51.2 Å². The molecule has 1 atom stereocenters. The van der Waals surface area contributed by atoms with E-state index in [2.05, 4.69) is 48.1 Å². The Balaban J connectivity index is 0.00000264. The van der Waals surface area contributed by atoms with Gasteiger partial charge in [0.05, 0.1) is 16.5 Å². The zero-order chi connectivity index (χ0) is 16.2. The van der Waals surface area contributed by atoms with Crippen molar-refractivity contribution in [3.8, 4) is 0 Å². The monoisotopic (exact) mass is 513 g/mol. The first-order chi connectivity index (χ1) is 10.4. The predicted molar refractivity (Wildman–Crippen MR) is 108 cm³/mol. The minimum atomic E-state index is -1.02. The van der Waals surface area contributed by atoms with Gasteiger partial charge in [0.1, 0.15) is 5.60 Å². The van der Waals surface area contributed by atoms with Crippen LogP contribution in [0.15, 0.2) is 32.6 Å². The van der Waals surface area contributed by atoms with Crippen molar-refractivity contribution < 1.29 is 5.11 Å². The normalized spacial score (nSPS) is 14.0. The molecule has 0 spiro atoms. The third-order valence-corrected chi connectivity index (χ3v) is 4.79. The number of rotatable bonds is 5. The van der Waals surface area contributed by atoms with Gasteiger partial charge >= 0.3 is 0 Å². The van der Waals surface area contributed by atoms with E-state index >= 15 is 0 Å². The number of halogens is 2. The van der Waals surface area contributed by atoms with E-state index < -0.39 is 5.60 Å². The molecule has 2 rings (SSSR count). The number of aliphatic imine (C=N–C) groups is 1. The molecule has 0 saturated heterocycles. The fourth-order valence-corrected chi connectivity index (χ4v) is 3.11. The molecule has 0 aromatic carbocycles. The Morgan fingerprint density at radius 2 is 2.26 bits per heavy atom. The van der Waals surface area contributed by atoms with Gasteiger partial charge in [0, 0.05) is 32.4 Å². The lowest BCUT2D eigenvalue weighted by Crippen LogP contribution is -2.44. The van der Waals surface area contributed by atoms with E-state index in [0.717, 1.165) is 9.35 Å². The molecule has 0 aliphatic carbocycles. The highest BCUT2D eigenvalue weighted by Crippen LogP contribution is 2.20. The molecule has 2 aromatic rings. The van der Waals surface area contributed by atoms with Crippen LogP contribution in [0.5, 0.6) is 0 Å². The summed E-state index contributed by atoms with van der Waals surface area (Å²) in [6.07, 6.45) is 3.47. The van der Waals surface area contributed by atoms with Crippen LogP contribution in [0.25, 0.3) is 0 Å². The van der Waals surface area contributed by atoms with Gasteiger partial charge in [-0.25, -0.2) is 0 Å². The predicted octanol–water partition coefficient (Wildman–Crippen LogP) is 2.43. The quantitative estimate of drug-likeness (QED) is 0.326. The summed E-state index contributed by atoms with van der Waals surface area (Å²) in [7, 11) is 3.53. The van der Waals surface area contributed by atoms with Crippen LogP contribution in [0.4, 0.5) is 0 Å². The third kappa shape index (κ3) is 6.05. The Hall–Kier alpha value is -0.650. The number of hydrogen-bond acceptors (Lipinski definition) is 4. The molecule has 0 aliphatic heterocycles. The Labute approximate surface area is 165 Å². The van der Waals surface area contributed by atoms with Crippen LogP contribution < -0.4 is 10.6 Å². The molecule has 3 N–H and O–H groups in total. The number of aliphatic hydroxyl groups is 1. The van der Waals surface area contributed by atoms with Crippen molar-refractivity contribution in [3.05, 3.63) is 38.8 Å². The zero-order valence-electron chi connectivity index (χ0n) is 13.2. The Morgan fingerprint density at radius 1 is 1.52 bits per heavy atom. The van der Waals surface area contributed by atoms with Gasteiger partial charge < -0.3 is 15.7 Å². The molecular weight excluding hydrogens is 493 g/mol. The third-order valence-electron chi connectivity index (χ3n) is 3.23. The van der Waals surface area contributed by atoms with E-state index in [1.165, 1.54) is 5.56 Å². The summed E-state index contributed by atoms with van der Waals surface area (Å²) >= 11 is 5.09. The largest absolute Gasteiger partial charge is 0.383 e. The topological polar surface area (TPSA) is 74.5 Å². The molecule has 0 amide bonds. The maximum absolute atomic E-state index is 10.5. The van der Waals surface area contributed by atoms with Gasteiger partial charge in [-0.05, 0) is 39.9 Å². The molecule has 9 heteroatoms. The molecule has 0 radical (unpaired) electrons. The lowest BCUT2D eigenvalue weighted by atomic mass is 10.00. The molecule has 23 heavy (non-hydrogen) atoms. The maximum Gasteiger partial charge on any atom is 0.191 e. The van der Waals surface area contributed by atoms with E-state index in [4.69, 9.17) is 0 Å². The second-order valence-electron chi connectivity index (χ2n) is 5.21. The molecule has 128 valence electrons.